The lowest BCUT2D eigenvalue weighted by atomic mass is 9.77. The fourth-order valence-electron chi connectivity index (χ4n) is 3.92. The standard InChI is InChI=1S/C28H22N2O2/c31-20-10-12-23-22-30(29-27(23)19-11-21-32)28(24-13-4-1-5-14-24,25-15-6-2-7-16-25)26-17-8-3-9-18-26/h1-9,13-18,22,31-32H,20-21H2. The molecule has 4 rings (SSSR count). The lowest BCUT2D eigenvalue weighted by Crippen LogP contribution is -2.38. The molecule has 0 aliphatic rings. The maximum absolute atomic E-state index is 9.22. The summed E-state index contributed by atoms with van der Waals surface area (Å²) >= 11 is 0. The first-order valence-corrected chi connectivity index (χ1v) is 10.3. The first kappa shape index (κ1) is 21.2. The van der Waals surface area contributed by atoms with E-state index in [-0.39, 0.29) is 13.2 Å². The fourth-order valence-corrected chi connectivity index (χ4v) is 3.92. The molecule has 32 heavy (non-hydrogen) atoms. The predicted octanol–water partition coefficient (Wildman–Crippen LogP) is 3.41. The smallest absolute Gasteiger partial charge is 0.151 e. The van der Waals surface area contributed by atoms with Crippen molar-refractivity contribution in [1.29, 1.82) is 0 Å². The lowest BCUT2D eigenvalue weighted by molar-refractivity contribution is 0.350. The van der Waals surface area contributed by atoms with E-state index in [2.05, 4.69) is 60.1 Å². The molecule has 1 aromatic heterocycles. The number of aromatic nitrogens is 2. The summed E-state index contributed by atoms with van der Waals surface area (Å²) < 4.78 is 1.88. The molecule has 0 atom stereocenters. The third-order valence-corrected chi connectivity index (χ3v) is 5.22. The fraction of sp³-hybridized carbons (Fsp3) is 0.107. The molecular weight excluding hydrogens is 396 g/mol. The molecule has 0 spiro atoms. The molecule has 0 radical (unpaired) electrons. The van der Waals surface area contributed by atoms with E-state index < -0.39 is 5.54 Å². The van der Waals surface area contributed by atoms with Crippen molar-refractivity contribution in [1.82, 2.24) is 9.78 Å². The molecule has 0 amide bonds. The summed E-state index contributed by atoms with van der Waals surface area (Å²) in [5, 5.41) is 23.3. The van der Waals surface area contributed by atoms with E-state index in [1.54, 1.807) is 0 Å². The third kappa shape index (κ3) is 3.94. The van der Waals surface area contributed by atoms with Crippen molar-refractivity contribution in [2.75, 3.05) is 13.2 Å². The van der Waals surface area contributed by atoms with Gasteiger partial charge in [0.25, 0.3) is 0 Å². The van der Waals surface area contributed by atoms with Crippen molar-refractivity contribution >= 4 is 0 Å². The predicted molar refractivity (Wildman–Crippen MR) is 125 cm³/mol. The topological polar surface area (TPSA) is 58.3 Å². The zero-order chi connectivity index (χ0) is 22.2. The van der Waals surface area contributed by atoms with Crippen molar-refractivity contribution in [3.05, 3.63) is 125 Å². The highest BCUT2D eigenvalue weighted by atomic mass is 16.3. The zero-order valence-corrected chi connectivity index (χ0v) is 17.4. The molecule has 1 heterocycles. The third-order valence-electron chi connectivity index (χ3n) is 5.22. The molecule has 4 nitrogen and oxygen atoms in total. The molecule has 4 aromatic rings. The number of aliphatic hydroxyl groups excluding tert-OH is 2. The van der Waals surface area contributed by atoms with E-state index in [0.29, 0.717) is 11.3 Å². The van der Waals surface area contributed by atoms with Gasteiger partial charge in [-0.2, -0.15) is 5.10 Å². The van der Waals surface area contributed by atoms with Crippen LogP contribution in [0.5, 0.6) is 0 Å². The second-order valence-corrected chi connectivity index (χ2v) is 7.06. The highest BCUT2D eigenvalue weighted by molar-refractivity contribution is 5.53. The van der Waals surface area contributed by atoms with Crippen LogP contribution in [0.1, 0.15) is 27.9 Å². The van der Waals surface area contributed by atoms with Crippen LogP contribution in [0.2, 0.25) is 0 Å². The van der Waals surface area contributed by atoms with Gasteiger partial charge in [-0.15, -0.1) is 0 Å². The second kappa shape index (κ2) is 9.81. The van der Waals surface area contributed by atoms with Crippen LogP contribution in [0.4, 0.5) is 0 Å². The molecular formula is C28H22N2O2. The van der Waals surface area contributed by atoms with Crippen molar-refractivity contribution < 1.29 is 10.2 Å². The monoisotopic (exact) mass is 418 g/mol. The van der Waals surface area contributed by atoms with E-state index in [4.69, 9.17) is 5.10 Å². The van der Waals surface area contributed by atoms with Crippen molar-refractivity contribution in [2.45, 2.75) is 5.54 Å². The van der Waals surface area contributed by atoms with Crippen LogP contribution in [0.3, 0.4) is 0 Å². The summed E-state index contributed by atoms with van der Waals surface area (Å²) in [6.07, 6.45) is 1.86. The summed E-state index contributed by atoms with van der Waals surface area (Å²) in [5.74, 6) is 11.2. The molecule has 0 saturated carbocycles. The Balaban J connectivity index is 2.10. The van der Waals surface area contributed by atoms with Crippen LogP contribution in [-0.2, 0) is 5.54 Å². The molecule has 2 N–H and O–H groups in total. The van der Waals surface area contributed by atoms with E-state index in [1.165, 1.54) is 0 Å². The highest BCUT2D eigenvalue weighted by Crippen LogP contribution is 2.40. The Morgan fingerprint density at radius 1 is 0.656 bits per heavy atom. The van der Waals surface area contributed by atoms with Crippen LogP contribution in [0.25, 0.3) is 0 Å². The maximum atomic E-state index is 9.22. The van der Waals surface area contributed by atoms with Crippen LogP contribution < -0.4 is 0 Å². The minimum atomic E-state index is -0.779. The Bertz CT molecular complexity index is 1150. The number of aliphatic hydroxyl groups is 2. The van der Waals surface area contributed by atoms with Crippen molar-refractivity contribution in [3.63, 3.8) is 0 Å². The Hall–Kier alpha value is -4.09. The minimum Gasteiger partial charge on any atom is -0.384 e. The van der Waals surface area contributed by atoms with Crippen LogP contribution in [-0.4, -0.2) is 33.2 Å². The molecule has 4 heteroatoms. The number of nitrogens with zero attached hydrogens (tertiary/aromatic N) is 2. The van der Waals surface area contributed by atoms with Gasteiger partial charge in [-0.1, -0.05) is 109 Å². The van der Waals surface area contributed by atoms with Crippen molar-refractivity contribution in [2.24, 2.45) is 0 Å². The molecule has 0 bridgehead atoms. The normalized spacial score (nSPS) is 10.6. The van der Waals surface area contributed by atoms with Gasteiger partial charge in [0.05, 0.1) is 5.56 Å². The van der Waals surface area contributed by atoms with Gasteiger partial charge in [0, 0.05) is 6.20 Å². The van der Waals surface area contributed by atoms with E-state index in [0.717, 1.165) is 16.7 Å². The van der Waals surface area contributed by atoms with Gasteiger partial charge in [-0.3, -0.25) is 4.68 Å². The van der Waals surface area contributed by atoms with Crippen LogP contribution in [0.15, 0.2) is 97.2 Å². The number of benzene rings is 3. The van der Waals surface area contributed by atoms with Gasteiger partial charge in [0.15, 0.2) is 5.69 Å². The molecule has 156 valence electrons. The molecule has 0 aliphatic heterocycles. The summed E-state index contributed by atoms with van der Waals surface area (Å²) in [6, 6.07) is 30.5. The van der Waals surface area contributed by atoms with Gasteiger partial charge >= 0.3 is 0 Å². The van der Waals surface area contributed by atoms with Gasteiger partial charge < -0.3 is 10.2 Å². The molecule has 3 aromatic carbocycles. The van der Waals surface area contributed by atoms with Crippen LogP contribution in [0, 0.1) is 23.7 Å². The zero-order valence-electron chi connectivity index (χ0n) is 17.4. The SMILES string of the molecule is OCC#Cc1cn(C(c2ccccc2)(c2ccccc2)c2ccccc2)nc1C#CCO. The van der Waals surface area contributed by atoms with E-state index in [9.17, 15) is 10.2 Å². The first-order chi connectivity index (χ1) is 15.8. The average Bonchev–Trinajstić information content (AvgIpc) is 3.27. The Morgan fingerprint density at radius 2 is 1.09 bits per heavy atom. The second-order valence-electron chi connectivity index (χ2n) is 7.06. The van der Waals surface area contributed by atoms with Gasteiger partial charge in [-0.05, 0) is 22.6 Å². The Labute approximate surface area is 187 Å². The summed E-state index contributed by atoms with van der Waals surface area (Å²) in [5.41, 5.74) is 3.35. The van der Waals surface area contributed by atoms with E-state index in [1.807, 2.05) is 65.5 Å². The lowest BCUT2D eigenvalue weighted by Gasteiger charge is -2.36. The molecule has 0 unspecified atom stereocenters. The Morgan fingerprint density at radius 3 is 1.53 bits per heavy atom. The highest BCUT2D eigenvalue weighted by Gasteiger charge is 2.39. The summed E-state index contributed by atoms with van der Waals surface area (Å²) in [7, 11) is 0. The van der Waals surface area contributed by atoms with E-state index >= 15 is 0 Å². The minimum absolute atomic E-state index is 0.265. The number of hydrogen-bond acceptors (Lipinski definition) is 3. The van der Waals surface area contributed by atoms with Crippen LogP contribution >= 0.6 is 0 Å². The quantitative estimate of drug-likeness (QED) is 0.395. The average molecular weight is 418 g/mol. The first-order valence-electron chi connectivity index (χ1n) is 10.3. The summed E-state index contributed by atoms with van der Waals surface area (Å²) in [6.45, 7) is -0.541. The Kier molecular flexibility index (Phi) is 6.49. The number of hydrogen-bond donors (Lipinski definition) is 2. The largest absolute Gasteiger partial charge is 0.384 e. The van der Waals surface area contributed by atoms with Gasteiger partial charge in [-0.25, -0.2) is 0 Å². The molecule has 0 saturated heterocycles. The molecule has 0 aliphatic carbocycles. The van der Waals surface area contributed by atoms with Gasteiger partial charge in [0.2, 0.25) is 0 Å². The molecule has 0 fully saturated rings. The van der Waals surface area contributed by atoms with Crippen molar-refractivity contribution in [3.8, 4) is 23.7 Å². The van der Waals surface area contributed by atoms with Gasteiger partial charge in [0.1, 0.15) is 18.8 Å². The summed E-state index contributed by atoms with van der Waals surface area (Å²) in [4.78, 5) is 0. The number of rotatable bonds is 4. The maximum Gasteiger partial charge on any atom is 0.151 e.